The first-order valence-corrected chi connectivity index (χ1v) is 7.38. The first kappa shape index (κ1) is 15.3. The predicted octanol–water partition coefficient (Wildman–Crippen LogP) is 3.09. The van der Waals surface area contributed by atoms with Crippen LogP contribution in [0.15, 0.2) is 36.4 Å². The van der Waals surface area contributed by atoms with Gasteiger partial charge in [-0.2, -0.15) is 0 Å². The molecule has 112 valence electrons. The van der Waals surface area contributed by atoms with E-state index < -0.39 is 0 Å². The van der Waals surface area contributed by atoms with Crippen LogP contribution < -0.4 is 5.32 Å². The molecule has 4 nitrogen and oxygen atoms in total. The predicted molar refractivity (Wildman–Crippen MR) is 81.9 cm³/mol. The van der Waals surface area contributed by atoms with E-state index in [9.17, 15) is 9.59 Å². The zero-order valence-electron chi connectivity index (χ0n) is 12.3. The number of amides is 1. The summed E-state index contributed by atoms with van der Waals surface area (Å²) in [6.07, 6.45) is 7.44. The fourth-order valence-corrected chi connectivity index (χ4v) is 2.31. The van der Waals surface area contributed by atoms with E-state index in [4.69, 9.17) is 4.74 Å². The summed E-state index contributed by atoms with van der Waals surface area (Å²) in [6, 6.07) is 7.63. The number of benzene rings is 1. The van der Waals surface area contributed by atoms with Crippen LogP contribution in [0.3, 0.4) is 0 Å². The second kappa shape index (κ2) is 7.62. The zero-order chi connectivity index (χ0) is 15.1. The van der Waals surface area contributed by atoms with Crippen LogP contribution in [0.25, 0.3) is 0 Å². The Morgan fingerprint density at radius 3 is 2.67 bits per heavy atom. The summed E-state index contributed by atoms with van der Waals surface area (Å²) in [4.78, 5) is 23.3. The Balaban J connectivity index is 1.71. The van der Waals surface area contributed by atoms with Crippen molar-refractivity contribution in [3.8, 4) is 0 Å². The van der Waals surface area contributed by atoms with Crippen LogP contribution in [0.1, 0.15) is 31.7 Å². The number of allylic oxidation sites excluding steroid dienone is 2. The lowest BCUT2D eigenvalue weighted by Crippen LogP contribution is -2.21. The van der Waals surface area contributed by atoms with Crippen molar-refractivity contribution in [3.63, 3.8) is 0 Å². The van der Waals surface area contributed by atoms with Gasteiger partial charge < -0.3 is 10.1 Å². The highest BCUT2D eigenvalue weighted by molar-refractivity contribution is 5.92. The van der Waals surface area contributed by atoms with Gasteiger partial charge >= 0.3 is 5.97 Å². The van der Waals surface area contributed by atoms with Gasteiger partial charge in [-0.1, -0.05) is 31.2 Å². The molecule has 0 radical (unpaired) electrons. The molecule has 0 fully saturated rings. The van der Waals surface area contributed by atoms with E-state index in [2.05, 4.69) is 18.3 Å². The average molecular weight is 287 g/mol. The zero-order valence-corrected chi connectivity index (χ0v) is 12.3. The average Bonchev–Trinajstić information content (AvgIpc) is 2.99. The summed E-state index contributed by atoms with van der Waals surface area (Å²) in [7, 11) is 0. The smallest absolute Gasteiger partial charge is 0.306 e. The molecule has 2 rings (SSSR count). The molecule has 0 unspecified atom stereocenters. The minimum atomic E-state index is -0.317. The molecule has 0 bridgehead atoms. The Morgan fingerprint density at radius 2 is 2.05 bits per heavy atom. The third-order valence-electron chi connectivity index (χ3n) is 3.55. The number of esters is 1. The Kier molecular flexibility index (Phi) is 5.55. The number of carbonyl (C=O) groups excluding carboxylic acids is 2. The highest BCUT2D eigenvalue weighted by Crippen LogP contribution is 2.20. The van der Waals surface area contributed by atoms with Crippen molar-refractivity contribution in [2.75, 3.05) is 11.9 Å². The van der Waals surface area contributed by atoms with Crippen LogP contribution in [-0.2, 0) is 20.7 Å². The van der Waals surface area contributed by atoms with Crippen molar-refractivity contribution in [1.82, 2.24) is 0 Å². The van der Waals surface area contributed by atoms with Gasteiger partial charge in [-0.25, -0.2) is 0 Å². The van der Waals surface area contributed by atoms with E-state index in [1.165, 1.54) is 5.56 Å². The van der Waals surface area contributed by atoms with Gasteiger partial charge in [0.1, 0.15) is 0 Å². The number of rotatable bonds is 6. The number of hydrogen-bond donors (Lipinski definition) is 1. The summed E-state index contributed by atoms with van der Waals surface area (Å²) in [5.74, 6) is -0.361. The summed E-state index contributed by atoms with van der Waals surface area (Å²) in [6.45, 7) is 1.84. The van der Waals surface area contributed by atoms with Crippen LogP contribution in [0.5, 0.6) is 0 Å². The molecule has 0 saturated carbocycles. The molecule has 1 aromatic rings. The molecule has 0 saturated heterocycles. The second-order valence-electron chi connectivity index (χ2n) is 5.23. The molecule has 0 heterocycles. The van der Waals surface area contributed by atoms with E-state index in [-0.39, 0.29) is 24.4 Å². The number of carbonyl (C=O) groups is 2. The highest BCUT2D eigenvalue weighted by atomic mass is 16.5. The standard InChI is InChI=1S/C17H21NO3/c1-2-13-7-9-15(10-8-13)18-16(19)12-21-17(20)11-14-5-3-4-6-14/h3,5,7-10,14H,2,4,6,11-12H2,1H3,(H,18,19)/t14-/m0/s1. The molecule has 1 N–H and O–H groups in total. The van der Waals surface area contributed by atoms with E-state index in [0.29, 0.717) is 12.1 Å². The summed E-state index contributed by atoms with van der Waals surface area (Å²) in [5, 5.41) is 2.71. The molecule has 1 amide bonds. The SMILES string of the molecule is CCc1ccc(NC(=O)COC(=O)C[C@H]2C=CCC2)cc1. The van der Waals surface area contributed by atoms with E-state index >= 15 is 0 Å². The molecule has 1 aliphatic carbocycles. The number of hydrogen-bond acceptors (Lipinski definition) is 3. The molecule has 4 heteroatoms. The molecule has 0 spiro atoms. The van der Waals surface area contributed by atoms with Crippen molar-refractivity contribution in [2.45, 2.75) is 32.6 Å². The maximum absolute atomic E-state index is 11.7. The molecule has 21 heavy (non-hydrogen) atoms. The van der Waals surface area contributed by atoms with Crippen LogP contribution in [0.2, 0.25) is 0 Å². The minimum absolute atomic E-state index is 0.231. The summed E-state index contributed by atoms with van der Waals surface area (Å²) < 4.78 is 5.00. The van der Waals surface area contributed by atoms with Crippen LogP contribution in [0.4, 0.5) is 5.69 Å². The third-order valence-corrected chi connectivity index (χ3v) is 3.55. The Bertz CT molecular complexity index is 519. The lowest BCUT2D eigenvalue weighted by atomic mass is 10.1. The monoisotopic (exact) mass is 287 g/mol. The van der Waals surface area contributed by atoms with Gasteiger partial charge in [-0.3, -0.25) is 9.59 Å². The Labute approximate surface area is 125 Å². The van der Waals surface area contributed by atoms with Crippen molar-refractivity contribution in [1.29, 1.82) is 0 Å². The number of ether oxygens (including phenoxy) is 1. The summed E-state index contributed by atoms with van der Waals surface area (Å²) >= 11 is 0. The fraction of sp³-hybridized carbons (Fsp3) is 0.412. The lowest BCUT2D eigenvalue weighted by molar-refractivity contribution is -0.147. The van der Waals surface area contributed by atoms with E-state index in [1.807, 2.05) is 30.3 Å². The van der Waals surface area contributed by atoms with Gasteiger partial charge in [-0.15, -0.1) is 0 Å². The Hall–Kier alpha value is -2.10. The molecule has 0 aromatic heterocycles. The van der Waals surface area contributed by atoms with Crippen LogP contribution >= 0.6 is 0 Å². The first-order chi connectivity index (χ1) is 10.2. The van der Waals surface area contributed by atoms with Crippen molar-refractivity contribution >= 4 is 17.6 Å². The van der Waals surface area contributed by atoms with Gasteiger partial charge in [0.2, 0.25) is 0 Å². The van der Waals surface area contributed by atoms with Crippen molar-refractivity contribution in [2.24, 2.45) is 5.92 Å². The van der Waals surface area contributed by atoms with Gasteiger partial charge in [0.25, 0.3) is 5.91 Å². The quantitative estimate of drug-likeness (QED) is 0.646. The van der Waals surface area contributed by atoms with Crippen LogP contribution in [0, 0.1) is 5.92 Å². The van der Waals surface area contributed by atoms with E-state index in [1.54, 1.807) is 0 Å². The van der Waals surface area contributed by atoms with E-state index in [0.717, 1.165) is 19.3 Å². The Morgan fingerprint density at radius 1 is 1.29 bits per heavy atom. The third kappa shape index (κ3) is 5.06. The van der Waals surface area contributed by atoms with Crippen molar-refractivity contribution < 1.29 is 14.3 Å². The minimum Gasteiger partial charge on any atom is -0.456 e. The highest BCUT2D eigenvalue weighted by Gasteiger charge is 2.15. The normalized spacial score (nSPS) is 16.7. The number of aryl methyl sites for hydroxylation is 1. The molecule has 1 aromatic carbocycles. The van der Waals surface area contributed by atoms with Gasteiger partial charge in [0.05, 0.1) is 6.42 Å². The topological polar surface area (TPSA) is 55.4 Å². The fourth-order valence-electron chi connectivity index (χ4n) is 2.31. The molecule has 1 atom stereocenters. The first-order valence-electron chi connectivity index (χ1n) is 7.38. The van der Waals surface area contributed by atoms with Gasteiger partial charge in [-0.05, 0) is 42.9 Å². The second-order valence-corrected chi connectivity index (χ2v) is 5.23. The molecule has 1 aliphatic rings. The number of nitrogens with one attached hydrogen (secondary N) is 1. The van der Waals surface area contributed by atoms with Crippen molar-refractivity contribution in [3.05, 3.63) is 42.0 Å². The molecular weight excluding hydrogens is 266 g/mol. The van der Waals surface area contributed by atoms with Gasteiger partial charge in [0.15, 0.2) is 6.61 Å². The number of anilines is 1. The maximum Gasteiger partial charge on any atom is 0.306 e. The lowest BCUT2D eigenvalue weighted by Gasteiger charge is -2.09. The molecular formula is C17H21NO3. The van der Waals surface area contributed by atoms with Gasteiger partial charge in [0, 0.05) is 5.69 Å². The largest absolute Gasteiger partial charge is 0.456 e. The summed E-state index contributed by atoms with van der Waals surface area (Å²) in [5.41, 5.74) is 1.93. The maximum atomic E-state index is 11.7. The molecule has 0 aliphatic heterocycles. The van der Waals surface area contributed by atoms with Crippen LogP contribution in [-0.4, -0.2) is 18.5 Å².